The molecule has 0 radical (unpaired) electrons. The topological polar surface area (TPSA) is 79.5 Å². The number of nitrogens with two attached hydrogens (primary N) is 1. The minimum atomic E-state index is -4.67. The highest BCUT2D eigenvalue weighted by Crippen LogP contribution is 2.32. The zero-order chi connectivity index (χ0) is 19.3. The maximum Gasteiger partial charge on any atom is 0.416 e. The Morgan fingerprint density at radius 1 is 1.24 bits per heavy atom. The van der Waals surface area contributed by atoms with E-state index < -0.39 is 28.9 Å². The highest BCUT2D eigenvalue weighted by atomic mass is 19.4. The Labute approximate surface area is 143 Å². The van der Waals surface area contributed by atoms with E-state index in [0.29, 0.717) is 12.6 Å². The van der Waals surface area contributed by atoms with E-state index in [4.69, 9.17) is 5.73 Å². The van der Waals surface area contributed by atoms with E-state index >= 15 is 0 Å². The maximum absolute atomic E-state index is 13.1. The van der Waals surface area contributed by atoms with Crippen LogP contribution in [0.4, 0.5) is 17.6 Å². The molecule has 140 valence electrons. The van der Waals surface area contributed by atoms with E-state index in [-0.39, 0.29) is 24.6 Å². The Kier molecular flexibility index (Phi) is 6.78. The van der Waals surface area contributed by atoms with Gasteiger partial charge in [-0.3, -0.25) is 4.79 Å². The van der Waals surface area contributed by atoms with E-state index in [9.17, 15) is 22.4 Å². The van der Waals surface area contributed by atoms with Crippen LogP contribution in [0.3, 0.4) is 0 Å². The van der Waals surface area contributed by atoms with Crippen LogP contribution in [0.15, 0.2) is 23.2 Å². The first-order valence-corrected chi connectivity index (χ1v) is 7.65. The van der Waals surface area contributed by atoms with Crippen LogP contribution in [0.2, 0.25) is 0 Å². The van der Waals surface area contributed by atoms with Crippen LogP contribution >= 0.6 is 0 Å². The third-order valence-electron chi connectivity index (χ3n) is 3.49. The van der Waals surface area contributed by atoms with Crippen molar-refractivity contribution in [3.05, 3.63) is 35.1 Å². The van der Waals surface area contributed by atoms with Crippen molar-refractivity contribution in [1.82, 2.24) is 10.6 Å². The largest absolute Gasteiger partial charge is 0.416 e. The fourth-order valence-corrected chi connectivity index (χ4v) is 1.85. The minimum Gasteiger partial charge on any atom is -0.369 e. The second kappa shape index (κ2) is 8.17. The van der Waals surface area contributed by atoms with E-state index in [1.54, 1.807) is 20.8 Å². The molecule has 0 fully saturated rings. The molecule has 0 aliphatic heterocycles. The first kappa shape index (κ1) is 20.7. The second-order valence-electron chi connectivity index (χ2n) is 6.10. The van der Waals surface area contributed by atoms with Gasteiger partial charge in [-0.1, -0.05) is 6.07 Å². The van der Waals surface area contributed by atoms with Crippen molar-refractivity contribution in [1.29, 1.82) is 0 Å². The van der Waals surface area contributed by atoms with E-state index in [0.717, 1.165) is 12.1 Å². The Morgan fingerprint density at radius 3 is 2.40 bits per heavy atom. The molecule has 0 aliphatic carbocycles. The Morgan fingerprint density at radius 2 is 1.88 bits per heavy atom. The summed E-state index contributed by atoms with van der Waals surface area (Å²) in [5, 5.41) is 5.73. The number of nitrogens with zero attached hydrogens (tertiary/aromatic N) is 1. The average molecular weight is 362 g/mol. The van der Waals surface area contributed by atoms with Gasteiger partial charge in [-0.15, -0.1) is 0 Å². The quantitative estimate of drug-likeness (QED) is 0.413. The molecule has 0 saturated carbocycles. The highest BCUT2D eigenvalue weighted by Gasteiger charge is 2.33. The fourth-order valence-electron chi connectivity index (χ4n) is 1.85. The zero-order valence-electron chi connectivity index (χ0n) is 14.3. The number of amides is 1. The molecule has 0 saturated heterocycles. The van der Waals surface area contributed by atoms with Crippen LogP contribution in [0, 0.1) is 11.2 Å². The lowest BCUT2D eigenvalue weighted by atomic mass is 9.93. The van der Waals surface area contributed by atoms with E-state index in [2.05, 4.69) is 15.6 Å². The van der Waals surface area contributed by atoms with Crippen molar-refractivity contribution >= 4 is 11.9 Å². The first-order chi connectivity index (χ1) is 11.5. The van der Waals surface area contributed by atoms with E-state index in [1.807, 2.05) is 0 Å². The van der Waals surface area contributed by atoms with Gasteiger partial charge in [-0.05, 0) is 38.5 Å². The van der Waals surface area contributed by atoms with Gasteiger partial charge in [0.15, 0.2) is 5.96 Å². The summed E-state index contributed by atoms with van der Waals surface area (Å²) in [4.78, 5) is 15.4. The van der Waals surface area contributed by atoms with Gasteiger partial charge in [0.05, 0.1) is 17.5 Å². The molecule has 1 amide bonds. The Bertz CT molecular complexity index is 642. The van der Waals surface area contributed by atoms with E-state index in [1.165, 1.54) is 0 Å². The highest BCUT2D eigenvalue weighted by molar-refractivity contribution is 5.83. The van der Waals surface area contributed by atoms with Crippen LogP contribution < -0.4 is 16.4 Å². The summed E-state index contributed by atoms with van der Waals surface area (Å²) >= 11 is 0. The van der Waals surface area contributed by atoms with Crippen LogP contribution in [-0.4, -0.2) is 25.0 Å². The second-order valence-corrected chi connectivity index (χ2v) is 6.10. The summed E-state index contributed by atoms with van der Waals surface area (Å²) in [6, 6.07) is 2.45. The molecule has 0 unspecified atom stereocenters. The van der Waals surface area contributed by atoms with Crippen molar-refractivity contribution < 1.29 is 22.4 Å². The van der Waals surface area contributed by atoms with Crippen LogP contribution in [0.5, 0.6) is 0 Å². The van der Waals surface area contributed by atoms with Crippen molar-refractivity contribution in [2.45, 2.75) is 33.5 Å². The number of alkyl halides is 3. The molecule has 4 N–H and O–H groups in total. The molecule has 1 rings (SSSR count). The van der Waals surface area contributed by atoms with Gasteiger partial charge >= 0.3 is 6.18 Å². The predicted molar refractivity (Wildman–Crippen MR) is 87.2 cm³/mol. The van der Waals surface area contributed by atoms with Gasteiger partial charge in [0, 0.05) is 13.1 Å². The Balaban J connectivity index is 2.97. The number of carbonyl (C=O) groups is 1. The normalized spacial score (nSPS) is 12.8. The molecule has 25 heavy (non-hydrogen) atoms. The molecule has 1 aromatic carbocycles. The number of hydrogen-bond donors (Lipinski definition) is 3. The lowest BCUT2D eigenvalue weighted by Gasteiger charge is -2.22. The lowest BCUT2D eigenvalue weighted by Crippen LogP contribution is -2.46. The Hall–Kier alpha value is -2.32. The number of benzene rings is 1. The SMILES string of the molecule is CCNC(=NCc1ccc(F)cc1C(F)(F)F)NCC(C)(C)C(N)=O. The smallest absolute Gasteiger partial charge is 0.369 e. The summed E-state index contributed by atoms with van der Waals surface area (Å²) < 4.78 is 52.1. The number of primary amides is 1. The number of aliphatic imine (C=N–C) groups is 1. The number of halogens is 4. The molecule has 0 bridgehead atoms. The summed E-state index contributed by atoms with van der Waals surface area (Å²) in [6.07, 6.45) is -4.67. The van der Waals surface area contributed by atoms with Crippen molar-refractivity contribution in [2.24, 2.45) is 16.1 Å². The van der Waals surface area contributed by atoms with Crippen molar-refractivity contribution in [3.8, 4) is 0 Å². The van der Waals surface area contributed by atoms with Gasteiger partial charge < -0.3 is 16.4 Å². The molecule has 0 spiro atoms. The summed E-state index contributed by atoms with van der Waals surface area (Å²) in [7, 11) is 0. The number of carbonyl (C=O) groups excluding carboxylic acids is 1. The summed E-state index contributed by atoms with van der Waals surface area (Å²) in [5.41, 5.74) is 3.20. The molecular formula is C16H22F4N4O. The third-order valence-corrected chi connectivity index (χ3v) is 3.49. The molecule has 0 atom stereocenters. The molecule has 0 aliphatic rings. The standard InChI is InChI=1S/C16H22F4N4O/c1-4-22-14(24-9-15(2,3)13(21)25)23-8-10-5-6-11(17)7-12(10)16(18,19)20/h5-7H,4,8-9H2,1-3H3,(H2,21,25)(H2,22,23,24). The van der Waals surface area contributed by atoms with Gasteiger partial charge in [0.2, 0.25) is 5.91 Å². The third kappa shape index (κ3) is 6.24. The number of rotatable bonds is 6. The van der Waals surface area contributed by atoms with Crippen LogP contribution in [0.25, 0.3) is 0 Å². The molecule has 0 heterocycles. The van der Waals surface area contributed by atoms with Crippen molar-refractivity contribution in [2.75, 3.05) is 13.1 Å². The fraction of sp³-hybridized carbons (Fsp3) is 0.500. The predicted octanol–water partition coefficient (Wildman–Crippen LogP) is 2.41. The first-order valence-electron chi connectivity index (χ1n) is 7.65. The lowest BCUT2D eigenvalue weighted by molar-refractivity contribution is -0.138. The number of nitrogens with one attached hydrogen (secondary N) is 2. The monoisotopic (exact) mass is 362 g/mol. The molecule has 9 heteroatoms. The average Bonchev–Trinajstić information content (AvgIpc) is 2.50. The zero-order valence-corrected chi connectivity index (χ0v) is 14.3. The van der Waals surface area contributed by atoms with Gasteiger partial charge in [0.25, 0.3) is 0 Å². The number of guanidine groups is 1. The molecule has 0 aromatic heterocycles. The molecule has 5 nitrogen and oxygen atoms in total. The van der Waals surface area contributed by atoms with Crippen molar-refractivity contribution in [3.63, 3.8) is 0 Å². The molecule has 1 aromatic rings. The minimum absolute atomic E-state index is 0.153. The summed E-state index contributed by atoms with van der Waals surface area (Å²) in [6.45, 7) is 5.38. The van der Waals surface area contributed by atoms with Crippen LogP contribution in [-0.2, 0) is 17.5 Å². The van der Waals surface area contributed by atoms with Gasteiger partial charge in [-0.2, -0.15) is 13.2 Å². The van der Waals surface area contributed by atoms with Gasteiger partial charge in [-0.25, -0.2) is 9.38 Å². The maximum atomic E-state index is 13.1. The summed E-state index contributed by atoms with van der Waals surface area (Å²) in [5.74, 6) is -1.25. The number of hydrogen-bond acceptors (Lipinski definition) is 2. The van der Waals surface area contributed by atoms with Crippen LogP contribution in [0.1, 0.15) is 31.9 Å². The van der Waals surface area contributed by atoms with Gasteiger partial charge in [0.1, 0.15) is 5.82 Å². The molecular weight excluding hydrogens is 340 g/mol.